The van der Waals surface area contributed by atoms with Crippen LogP contribution in [0.2, 0.25) is 0 Å². The molecule has 3 N–H and O–H groups in total. The zero-order valence-corrected chi connectivity index (χ0v) is 9.21. The normalized spacial score (nSPS) is 12.4. The minimum Gasteiger partial charge on any atom is -0.387 e. The molecule has 5 nitrogen and oxygen atoms in total. The molecular weight excluding hydrogens is 198 g/mol. The molecule has 1 atom stereocenters. The van der Waals surface area contributed by atoms with Gasteiger partial charge < -0.3 is 10.6 Å². The molecule has 0 fully saturated rings. The number of amidine groups is 1. The molecule has 0 saturated heterocycles. The summed E-state index contributed by atoms with van der Waals surface area (Å²) in [6.07, 6.45) is 0. The van der Waals surface area contributed by atoms with Crippen molar-refractivity contribution in [3.8, 4) is 0 Å². The van der Waals surface area contributed by atoms with Crippen molar-refractivity contribution >= 4 is 22.3 Å². The second-order valence-electron chi connectivity index (χ2n) is 3.12. The minimum absolute atomic E-state index is 0.0545. The van der Waals surface area contributed by atoms with Crippen LogP contribution in [0.1, 0.15) is 13.8 Å². The molecule has 6 heteroatoms. The zero-order valence-electron chi connectivity index (χ0n) is 8.40. The number of nitrogens with one attached hydrogen (secondary N) is 1. The summed E-state index contributed by atoms with van der Waals surface area (Å²) in [5, 5.41) is 16.0. The van der Waals surface area contributed by atoms with E-state index in [-0.39, 0.29) is 11.8 Å². The second-order valence-corrected chi connectivity index (χ2v) is 3.93. The fraction of sp³-hybridized carbons (Fsp3) is 0.625. The van der Waals surface area contributed by atoms with Crippen molar-refractivity contribution in [2.24, 2.45) is 11.7 Å². The minimum atomic E-state index is 0.0545. The van der Waals surface area contributed by atoms with Crippen LogP contribution in [-0.2, 0) is 0 Å². The number of anilines is 1. The molecule has 1 aromatic rings. The van der Waals surface area contributed by atoms with E-state index in [0.29, 0.717) is 0 Å². The largest absolute Gasteiger partial charge is 0.387 e. The number of hydrogen-bond donors (Lipinski definition) is 2. The van der Waals surface area contributed by atoms with Crippen molar-refractivity contribution in [1.82, 2.24) is 10.2 Å². The topological polar surface area (TPSA) is 78.9 Å². The lowest BCUT2D eigenvalue weighted by molar-refractivity contribution is 0.692. The van der Waals surface area contributed by atoms with E-state index in [1.54, 1.807) is 5.51 Å². The SMILES string of the molecule is CCN(CC(C)C(=N)N)c1nncs1. The fourth-order valence-electron chi connectivity index (χ4n) is 1.08. The average Bonchev–Trinajstić information content (AvgIpc) is 2.66. The Kier molecular flexibility index (Phi) is 3.82. The van der Waals surface area contributed by atoms with Crippen LogP contribution >= 0.6 is 11.3 Å². The molecule has 0 aliphatic rings. The Morgan fingerprint density at radius 2 is 2.50 bits per heavy atom. The van der Waals surface area contributed by atoms with Gasteiger partial charge in [-0.05, 0) is 6.92 Å². The molecule has 0 spiro atoms. The van der Waals surface area contributed by atoms with Crippen molar-refractivity contribution in [2.45, 2.75) is 13.8 Å². The summed E-state index contributed by atoms with van der Waals surface area (Å²) >= 11 is 1.50. The third kappa shape index (κ3) is 2.66. The fourth-order valence-corrected chi connectivity index (χ4v) is 1.71. The van der Waals surface area contributed by atoms with E-state index in [1.807, 2.05) is 13.8 Å². The van der Waals surface area contributed by atoms with E-state index < -0.39 is 0 Å². The smallest absolute Gasteiger partial charge is 0.208 e. The first-order valence-corrected chi connectivity index (χ1v) is 5.38. The van der Waals surface area contributed by atoms with Crippen LogP contribution in [0.3, 0.4) is 0 Å². The van der Waals surface area contributed by atoms with Gasteiger partial charge in [-0.1, -0.05) is 18.3 Å². The molecular formula is C8H15N5S. The average molecular weight is 213 g/mol. The summed E-state index contributed by atoms with van der Waals surface area (Å²) < 4.78 is 0. The summed E-state index contributed by atoms with van der Waals surface area (Å²) in [6.45, 7) is 5.56. The summed E-state index contributed by atoms with van der Waals surface area (Å²) in [5.74, 6) is 0.270. The third-order valence-corrected chi connectivity index (χ3v) is 2.78. The van der Waals surface area contributed by atoms with Gasteiger partial charge in [0, 0.05) is 19.0 Å². The van der Waals surface area contributed by atoms with Crippen LogP contribution in [0, 0.1) is 11.3 Å². The molecule has 1 aromatic heterocycles. The Morgan fingerprint density at radius 3 is 2.93 bits per heavy atom. The van der Waals surface area contributed by atoms with Crippen LogP contribution in [0.5, 0.6) is 0 Å². The molecule has 0 saturated carbocycles. The van der Waals surface area contributed by atoms with Gasteiger partial charge in [0.05, 0.1) is 5.84 Å². The maximum absolute atomic E-state index is 7.31. The van der Waals surface area contributed by atoms with Crippen molar-refractivity contribution in [3.05, 3.63) is 5.51 Å². The molecule has 1 heterocycles. The van der Waals surface area contributed by atoms with Crippen LogP contribution in [-0.4, -0.2) is 29.1 Å². The molecule has 0 radical (unpaired) electrons. The van der Waals surface area contributed by atoms with E-state index in [9.17, 15) is 0 Å². The van der Waals surface area contributed by atoms with E-state index in [2.05, 4.69) is 15.1 Å². The van der Waals surface area contributed by atoms with E-state index in [4.69, 9.17) is 11.1 Å². The molecule has 0 aromatic carbocycles. The standard InChI is InChI=1S/C8H15N5S/c1-3-13(4-6(2)7(9)10)8-12-11-5-14-8/h5-6H,3-4H2,1-2H3,(H3,9,10). The number of rotatable bonds is 5. The first kappa shape index (κ1) is 10.9. The Labute approximate surface area is 87.5 Å². The van der Waals surface area contributed by atoms with E-state index >= 15 is 0 Å². The summed E-state index contributed by atoms with van der Waals surface area (Å²) in [5.41, 5.74) is 7.12. The van der Waals surface area contributed by atoms with Crippen LogP contribution in [0.25, 0.3) is 0 Å². The van der Waals surface area contributed by atoms with Gasteiger partial charge in [-0.15, -0.1) is 10.2 Å². The molecule has 1 rings (SSSR count). The van der Waals surface area contributed by atoms with Gasteiger partial charge in [-0.2, -0.15) is 0 Å². The number of nitrogens with zero attached hydrogens (tertiary/aromatic N) is 3. The molecule has 0 bridgehead atoms. The Balaban J connectivity index is 2.60. The Bertz CT molecular complexity index is 284. The van der Waals surface area contributed by atoms with Gasteiger partial charge in [0.15, 0.2) is 0 Å². The highest BCUT2D eigenvalue weighted by Crippen LogP contribution is 2.16. The van der Waals surface area contributed by atoms with Gasteiger partial charge in [0.25, 0.3) is 0 Å². The van der Waals surface area contributed by atoms with Crippen molar-refractivity contribution in [2.75, 3.05) is 18.0 Å². The van der Waals surface area contributed by atoms with Crippen LogP contribution < -0.4 is 10.6 Å². The summed E-state index contributed by atoms with van der Waals surface area (Å²) in [4.78, 5) is 2.07. The predicted octanol–water partition coefficient (Wildman–Crippen LogP) is 0.936. The molecule has 78 valence electrons. The van der Waals surface area contributed by atoms with Gasteiger partial charge in [0.1, 0.15) is 5.51 Å². The number of hydrogen-bond acceptors (Lipinski definition) is 5. The number of aromatic nitrogens is 2. The first-order valence-electron chi connectivity index (χ1n) is 4.50. The van der Waals surface area contributed by atoms with E-state index in [1.165, 1.54) is 11.3 Å². The van der Waals surface area contributed by atoms with Crippen molar-refractivity contribution in [3.63, 3.8) is 0 Å². The molecule has 14 heavy (non-hydrogen) atoms. The lowest BCUT2D eigenvalue weighted by Gasteiger charge is -2.22. The van der Waals surface area contributed by atoms with Gasteiger partial charge in [-0.3, -0.25) is 5.41 Å². The Hall–Kier alpha value is -1.17. The molecule has 1 unspecified atom stereocenters. The van der Waals surface area contributed by atoms with Crippen LogP contribution in [0.4, 0.5) is 5.13 Å². The first-order chi connectivity index (χ1) is 6.65. The van der Waals surface area contributed by atoms with Gasteiger partial charge in [0.2, 0.25) is 5.13 Å². The predicted molar refractivity (Wildman–Crippen MR) is 58.9 cm³/mol. The Morgan fingerprint density at radius 1 is 1.79 bits per heavy atom. The summed E-state index contributed by atoms with van der Waals surface area (Å²) in [7, 11) is 0. The molecule has 0 aliphatic carbocycles. The van der Waals surface area contributed by atoms with Crippen LogP contribution in [0.15, 0.2) is 5.51 Å². The highest BCUT2D eigenvalue weighted by molar-refractivity contribution is 7.13. The van der Waals surface area contributed by atoms with Gasteiger partial charge in [-0.25, -0.2) is 0 Å². The zero-order chi connectivity index (χ0) is 10.6. The van der Waals surface area contributed by atoms with Crippen molar-refractivity contribution in [1.29, 1.82) is 5.41 Å². The lowest BCUT2D eigenvalue weighted by atomic mass is 10.1. The highest BCUT2D eigenvalue weighted by atomic mass is 32.1. The third-order valence-electron chi connectivity index (χ3n) is 2.03. The highest BCUT2D eigenvalue weighted by Gasteiger charge is 2.13. The van der Waals surface area contributed by atoms with Gasteiger partial charge >= 0.3 is 0 Å². The lowest BCUT2D eigenvalue weighted by Crippen LogP contribution is -2.34. The quantitative estimate of drug-likeness (QED) is 0.563. The van der Waals surface area contributed by atoms with E-state index in [0.717, 1.165) is 18.2 Å². The maximum atomic E-state index is 7.31. The monoisotopic (exact) mass is 213 g/mol. The molecule has 0 aliphatic heterocycles. The van der Waals surface area contributed by atoms with Crippen molar-refractivity contribution < 1.29 is 0 Å². The number of nitrogens with two attached hydrogens (primary N) is 1. The second kappa shape index (κ2) is 4.90. The summed E-state index contributed by atoms with van der Waals surface area (Å²) in [6, 6.07) is 0. The maximum Gasteiger partial charge on any atom is 0.208 e. The molecule has 0 amide bonds.